The summed E-state index contributed by atoms with van der Waals surface area (Å²) >= 11 is 0. The number of aliphatic hydroxyl groups excluding tert-OH is 1. The van der Waals surface area contributed by atoms with Crippen LogP contribution in [0.1, 0.15) is 6.42 Å². The Balaban J connectivity index is 2.38. The number of hydrogen-bond donors (Lipinski definition) is 1. The zero-order valence-corrected chi connectivity index (χ0v) is 8.66. The van der Waals surface area contributed by atoms with E-state index in [1.807, 2.05) is 7.05 Å². The van der Waals surface area contributed by atoms with E-state index in [4.69, 9.17) is 5.11 Å². The van der Waals surface area contributed by atoms with E-state index in [2.05, 4.69) is 23.4 Å². The van der Waals surface area contributed by atoms with Gasteiger partial charge in [-0.25, -0.2) is 0 Å². The first-order chi connectivity index (χ1) is 6.15. The fourth-order valence-electron chi connectivity index (χ4n) is 1.81. The summed E-state index contributed by atoms with van der Waals surface area (Å²) in [6, 6.07) is 0. The zero-order chi connectivity index (χ0) is 9.84. The molecule has 0 aromatic rings. The van der Waals surface area contributed by atoms with E-state index in [1.54, 1.807) is 0 Å². The normalized spacial score (nSPS) is 23.5. The minimum Gasteiger partial charge on any atom is -0.395 e. The van der Waals surface area contributed by atoms with Gasteiger partial charge in [0.25, 0.3) is 0 Å². The van der Waals surface area contributed by atoms with Crippen molar-refractivity contribution in [2.45, 2.75) is 6.42 Å². The largest absolute Gasteiger partial charge is 0.395 e. The van der Waals surface area contributed by atoms with Crippen molar-refractivity contribution in [3.05, 3.63) is 12.3 Å². The molecule has 0 saturated carbocycles. The third-order valence-corrected chi connectivity index (χ3v) is 2.79. The number of hydrogen-bond acceptors (Lipinski definition) is 3. The molecular formula is C10H20N2O. The van der Waals surface area contributed by atoms with Crippen LogP contribution in [0.4, 0.5) is 0 Å². The van der Waals surface area contributed by atoms with Gasteiger partial charge in [0.15, 0.2) is 0 Å². The molecule has 0 amide bonds. The summed E-state index contributed by atoms with van der Waals surface area (Å²) in [7, 11) is 4.14. The highest BCUT2D eigenvalue weighted by Crippen LogP contribution is 2.22. The van der Waals surface area contributed by atoms with E-state index >= 15 is 0 Å². The molecule has 1 aliphatic rings. The third kappa shape index (κ3) is 2.71. The van der Waals surface area contributed by atoms with E-state index in [0.29, 0.717) is 12.5 Å². The van der Waals surface area contributed by atoms with E-state index in [0.717, 1.165) is 13.1 Å². The average molecular weight is 184 g/mol. The Labute approximate surface area is 80.6 Å². The topological polar surface area (TPSA) is 26.7 Å². The molecule has 3 heteroatoms. The molecule has 1 aliphatic heterocycles. The maximum atomic E-state index is 8.79. The maximum absolute atomic E-state index is 8.79. The van der Waals surface area contributed by atoms with Crippen LogP contribution >= 0.6 is 0 Å². The predicted molar refractivity (Wildman–Crippen MR) is 54.5 cm³/mol. The molecule has 0 bridgehead atoms. The Morgan fingerprint density at radius 3 is 2.85 bits per heavy atom. The average Bonchev–Trinajstić information content (AvgIpc) is 2.51. The van der Waals surface area contributed by atoms with Crippen molar-refractivity contribution in [2.75, 3.05) is 40.3 Å². The molecule has 1 fully saturated rings. The van der Waals surface area contributed by atoms with Crippen LogP contribution in [0.2, 0.25) is 0 Å². The first kappa shape index (κ1) is 10.5. The van der Waals surface area contributed by atoms with Gasteiger partial charge in [0, 0.05) is 31.8 Å². The summed E-state index contributed by atoms with van der Waals surface area (Å²) in [5, 5.41) is 8.79. The van der Waals surface area contributed by atoms with Crippen molar-refractivity contribution in [3.8, 4) is 0 Å². The van der Waals surface area contributed by atoms with E-state index < -0.39 is 0 Å². The minimum absolute atomic E-state index is 0.206. The van der Waals surface area contributed by atoms with Crippen LogP contribution < -0.4 is 0 Å². The van der Waals surface area contributed by atoms with Crippen LogP contribution in [0.5, 0.6) is 0 Å². The quantitative estimate of drug-likeness (QED) is 0.684. The predicted octanol–water partition coefficient (Wildman–Crippen LogP) is 0.376. The molecule has 1 heterocycles. The number of nitrogens with zero attached hydrogens (tertiary/aromatic N) is 2. The van der Waals surface area contributed by atoms with Crippen molar-refractivity contribution >= 4 is 0 Å². The molecule has 1 atom stereocenters. The van der Waals surface area contributed by atoms with E-state index in [-0.39, 0.29) is 6.61 Å². The summed E-state index contributed by atoms with van der Waals surface area (Å²) in [6.45, 7) is 7.25. The van der Waals surface area contributed by atoms with Crippen molar-refractivity contribution in [2.24, 2.45) is 5.92 Å². The van der Waals surface area contributed by atoms with Gasteiger partial charge in [0.2, 0.25) is 0 Å². The Bertz CT molecular complexity index is 182. The van der Waals surface area contributed by atoms with Gasteiger partial charge < -0.3 is 14.9 Å². The molecule has 3 nitrogen and oxygen atoms in total. The lowest BCUT2D eigenvalue weighted by atomic mass is 10.1. The molecule has 1 saturated heterocycles. The highest BCUT2D eigenvalue weighted by Gasteiger charge is 2.23. The van der Waals surface area contributed by atoms with Crippen LogP contribution in [-0.4, -0.2) is 55.2 Å². The van der Waals surface area contributed by atoms with Crippen molar-refractivity contribution < 1.29 is 5.11 Å². The van der Waals surface area contributed by atoms with Gasteiger partial charge in [-0.05, 0) is 20.0 Å². The summed E-state index contributed by atoms with van der Waals surface area (Å²) in [6.07, 6.45) is 1.20. The van der Waals surface area contributed by atoms with Crippen LogP contribution in [-0.2, 0) is 0 Å². The summed E-state index contributed by atoms with van der Waals surface area (Å²) in [4.78, 5) is 4.38. The number of aliphatic hydroxyl groups is 1. The third-order valence-electron chi connectivity index (χ3n) is 2.79. The van der Waals surface area contributed by atoms with Crippen molar-refractivity contribution in [3.63, 3.8) is 0 Å². The fraction of sp³-hybridized carbons (Fsp3) is 0.800. The van der Waals surface area contributed by atoms with Gasteiger partial charge >= 0.3 is 0 Å². The smallest absolute Gasteiger partial charge is 0.0606 e. The van der Waals surface area contributed by atoms with Crippen molar-refractivity contribution in [1.82, 2.24) is 9.80 Å². The van der Waals surface area contributed by atoms with Gasteiger partial charge in [-0.2, -0.15) is 0 Å². The van der Waals surface area contributed by atoms with Crippen LogP contribution in [0.25, 0.3) is 0 Å². The van der Waals surface area contributed by atoms with Gasteiger partial charge in [0.1, 0.15) is 0 Å². The van der Waals surface area contributed by atoms with Gasteiger partial charge in [0.05, 0.1) is 6.61 Å². The number of likely N-dealkylation sites (N-methyl/N-ethyl adjacent to an activating group) is 1. The first-order valence-electron chi connectivity index (χ1n) is 4.84. The molecule has 13 heavy (non-hydrogen) atoms. The minimum atomic E-state index is 0.206. The molecule has 0 spiro atoms. The fourth-order valence-corrected chi connectivity index (χ4v) is 1.81. The number of rotatable bonds is 4. The number of likely N-dealkylation sites (tertiary alicyclic amines) is 1. The van der Waals surface area contributed by atoms with Crippen LogP contribution in [0, 0.1) is 5.92 Å². The summed E-state index contributed by atoms with van der Waals surface area (Å²) < 4.78 is 0. The molecule has 0 unspecified atom stereocenters. The lowest BCUT2D eigenvalue weighted by Gasteiger charge is -2.25. The molecule has 1 N–H and O–H groups in total. The van der Waals surface area contributed by atoms with Gasteiger partial charge in [-0.1, -0.05) is 6.58 Å². The van der Waals surface area contributed by atoms with Gasteiger partial charge in [-0.3, -0.25) is 0 Å². The molecular weight excluding hydrogens is 164 g/mol. The van der Waals surface area contributed by atoms with E-state index in [1.165, 1.54) is 12.1 Å². The second-order valence-corrected chi connectivity index (χ2v) is 3.88. The Morgan fingerprint density at radius 1 is 1.69 bits per heavy atom. The molecule has 76 valence electrons. The Hall–Kier alpha value is -0.540. The lowest BCUT2D eigenvalue weighted by molar-refractivity contribution is 0.235. The van der Waals surface area contributed by atoms with Crippen LogP contribution in [0.3, 0.4) is 0 Å². The standard InChI is InChI=1S/C10H20N2O/c1-9(12(3)6-7-13)10-4-5-11(2)8-10/h10,13H,1,4-8H2,2-3H3/t10-/m0/s1. The summed E-state index contributed by atoms with van der Waals surface area (Å²) in [5.41, 5.74) is 1.17. The maximum Gasteiger partial charge on any atom is 0.0606 e. The second kappa shape index (κ2) is 4.63. The lowest BCUT2D eigenvalue weighted by Crippen LogP contribution is -2.26. The SMILES string of the molecule is C=C([C@H]1CCN(C)C1)N(C)CCO. The molecule has 0 aromatic carbocycles. The molecule has 0 aromatic heterocycles. The second-order valence-electron chi connectivity index (χ2n) is 3.88. The summed E-state index contributed by atoms with van der Waals surface area (Å²) in [5.74, 6) is 0.585. The molecule has 0 radical (unpaired) electrons. The molecule has 1 rings (SSSR count). The molecule has 0 aliphatic carbocycles. The Kier molecular flexibility index (Phi) is 3.75. The monoisotopic (exact) mass is 184 g/mol. The Morgan fingerprint density at radius 2 is 2.38 bits per heavy atom. The highest BCUT2D eigenvalue weighted by atomic mass is 16.3. The first-order valence-corrected chi connectivity index (χ1v) is 4.84. The zero-order valence-electron chi connectivity index (χ0n) is 8.66. The highest BCUT2D eigenvalue weighted by molar-refractivity contribution is 5.02. The van der Waals surface area contributed by atoms with E-state index in [9.17, 15) is 0 Å². The van der Waals surface area contributed by atoms with Crippen LogP contribution in [0.15, 0.2) is 12.3 Å². The van der Waals surface area contributed by atoms with Crippen molar-refractivity contribution in [1.29, 1.82) is 0 Å². The van der Waals surface area contributed by atoms with Gasteiger partial charge in [-0.15, -0.1) is 0 Å².